The number of nitrogens with zero attached hydrogens (tertiary/aromatic N) is 4. The number of morpholine rings is 1. The van der Waals surface area contributed by atoms with Crippen LogP contribution >= 0.6 is 0 Å². The standard InChI is InChI=1S/C17H25N4O/c1-3-21(9-11-22-12-10-21)14-18-17-7-8-20(19-17)16-6-4-5-15(2)13-16/h4-6,13-14H,3,7-12H2,1-2H3/q+1. The zero-order chi connectivity index (χ0) is 15.4. The minimum Gasteiger partial charge on any atom is -0.370 e. The Balaban J connectivity index is 1.70. The number of hydrogen-bond acceptors (Lipinski definition) is 4. The number of ether oxygens (including phenoxy) is 1. The van der Waals surface area contributed by atoms with Crippen LogP contribution in [0.2, 0.25) is 0 Å². The summed E-state index contributed by atoms with van der Waals surface area (Å²) in [6.45, 7) is 9.95. The van der Waals surface area contributed by atoms with E-state index >= 15 is 0 Å². The Morgan fingerprint density at radius 2 is 2.18 bits per heavy atom. The molecule has 118 valence electrons. The topological polar surface area (TPSA) is 37.2 Å². The molecule has 1 fully saturated rings. The van der Waals surface area contributed by atoms with Crippen molar-refractivity contribution in [2.75, 3.05) is 44.4 Å². The number of hydrazone groups is 1. The average molecular weight is 301 g/mol. The van der Waals surface area contributed by atoms with Crippen molar-refractivity contribution in [1.82, 2.24) is 0 Å². The summed E-state index contributed by atoms with van der Waals surface area (Å²) in [5, 5.41) is 6.71. The summed E-state index contributed by atoms with van der Waals surface area (Å²) < 4.78 is 6.37. The maximum atomic E-state index is 5.47. The zero-order valence-electron chi connectivity index (χ0n) is 13.5. The molecule has 2 heterocycles. The van der Waals surface area contributed by atoms with Crippen LogP contribution in [0.5, 0.6) is 0 Å². The molecule has 5 nitrogen and oxygen atoms in total. The minimum absolute atomic E-state index is 0.821. The molecule has 2 aliphatic heterocycles. The van der Waals surface area contributed by atoms with Crippen LogP contribution in [0.15, 0.2) is 34.4 Å². The van der Waals surface area contributed by atoms with Crippen LogP contribution in [0.3, 0.4) is 0 Å². The third-order valence-corrected chi connectivity index (χ3v) is 4.53. The number of rotatable bonds is 3. The van der Waals surface area contributed by atoms with Gasteiger partial charge in [-0.15, -0.1) is 0 Å². The van der Waals surface area contributed by atoms with Crippen LogP contribution in [-0.2, 0) is 4.74 Å². The Labute approximate surface area is 132 Å². The van der Waals surface area contributed by atoms with E-state index in [0.717, 1.165) is 61.8 Å². The molecule has 0 saturated carbocycles. The fourth-order valence-corrected chi connectivity index (χ4v) is 2.92. The summed E-state index contributed by atoms with van der Waals surface area (Å²) in [5.74, 6) is 0.930. The van der Waals surface area contributed by atoms with E-state index in [2.05, 4.69) is 59.6 Å². The molecule has 1 saturated heterocycles. The third kappa shape index (κ3) is 3.36. The lowest BCUT2D eigenvalue weighted by Crippen LogP contribution is -2.54. The van der Waals surface area contributed by atoms with Crippen molar-refractivity contribution in [2.24, 2.45) is 10.1 Å². The second-order valence-electron chi connectivity index (χ2n) is 6.07. The summed E-state index contributed by atoms with van der Waals surface area (Å²) >= 11 is 0. The van der Waals surface area contributed by atoms with Crippen molar-refractivity contribution in [3.05, 3.63) is 29.8 Å². The quantitative estimate of drug-likeness (QED) is 0.488. The van der Waals surface area contributed by atoms with Gasteiger partial charge in [0.25, 0.3) is 0 Å². The van der Waals surface area contributed by atoms with E-state index in [0.29, 0.717) is 0 Å². The maximum Gasteiger partial charge on any atom is 0.191 e. The van der Waals surface area contributed by atoms with Gasteiger partial charge in [-0.1, -0.05) is 12.1 Å². The average Bonchev–Trinajstić information content (AvgIpc) is 3.03. The molecular formula is C17H25N4O+. The predicted octanol–water partition coefficient (Wildman–Crippen LogP) is 2.41. The molecule has 0 amide bonds. The lowest BCUT2D eigenvalue weighted by molar-refractivity contribution is -0.842. The molecule has 1 aromatic rings. The minimum atomic E-state index is 0.821. The first-order chi connectivity index (χ1) is 10.7. The van der Waals surface area contributed by atoms with E-state index in [1.54, 1.807) is 0 Å². The van der Waals surface area contributed by atoms with Gasteiger partial charge >= 0.3 is 0 Å². The van der Waals surface area contributed by atoms with Gasteiger partial charge in [0, 0.05) is 13.0 Å². The lowest BCUT2D eigenvalue weighted by atomic mass is 10.2. The van der Waals surface area contributed by atoms with Crippen molar-refractivity contribution in [2.45, 2.75) is 20.3 Å². The summed E-state index contributed by atoms with van der Waals surface area (Å²) in [4.78, 5) is 4.69. The highest BCUT2D eigenvalue weighted by Gasteiger charge is 2.27. The molecule has 0 N–H and O–H groups in total. The van der Waals surface area contributed by atoms with Crippen LogP contribution in [0.25, 0.3) is 0 Å². The molecular weight excluding hydrogens is 276 g/mol. The number of aliphatic imine (C=N–C) groups is 1. The van der Waals surface area contributed by atoms with Crippen molar-refractivity contribution in [1.29, 1.82) is 0 Å². The number of anilines is 1. The van der Waals surface area contributed by atoms with Gasteiger partial charge in [0.2, 0.25) is 0 Å². The molecule has 0 aromatic heterocycles. The van der Waals surface area contributed by atoms with Crippen LogP contribution in [0, 0.1) is 6.92 Å². The fraction of sp³-hybridized carbons (Fsp3) is 0.529. The largest absolute Gasteiger partial charge is 0.370 e. The van der Waals surface area contributed by atoms with Gasteiger partial charge in [-0.3, -0.25) is 9.49 Å². The van der Waals surface area contributed by atoms with Crippen LogP contribution in [-0.4, -0.2) is 56.0 Å². The number of hydrogen-bond donors (Lipinski definition) is 0. The number of quaternary nitrogens is 1. The molecule has 0 atom stereocenters. The van der Waals surface area contributed by atoms with Crippen LogP contribution < -0.4 is 5.01 Å². The summed E-state index contributed by atoms with van der Waals surface area (Å²) in [6, 6.07) is 8.45. The van der Waals surface area contributed by atoms with E-state index in [1.165, 1.54) is 5.56 Å². The molecule has 0 unspecified atom stereocenters. The van der Waals surface area contributed by atoms with Gasteiger partial charge in [-0.05, 0) is 31.5 Å². The second kappa shape index (κ2) is 6.58. The Hall–Kier alpha value is -1.72. The normalized spacial score (nSPS) is 21.4. The van der Waals surface area contributed by atoms with E-state index in [4.69, 9.17) is 4.74 Å². The lowest BCUT2D eigenvalue weighted by Gasteiger charge is -2.35. The van der Waals surface area contributed by atoms with Crippen LogP contribution in [0.1, 0.15) is 18.9 Å². The van der Waals surface area contributed by atoms with Crippen LogP contribution in [0.4, 0.5) is 5.69 Å². The molecule has 0 aliphatic carbocycles. The smallest absolute Gasteiger partial charge is 0.191 e. The summed E-state index contributed by atoms with van der Waals surface area (Å²) in [5.41, 5.74) is 2.41. The van der Waals surface area contributed by atoms with Crippen molar-refractivity contribution >= 4 is 17.9 Å². The molecule has 1 aromatic carbocycles. The highest BCUT2D eigenvalue weighted by Crippen LogP contribution is 2.20. The number of amidine groups is 1. The van der Waals surface area contributed by atoms with Crippen molar-refractivity contribution in [3.8, 4) is 0 Å². The van der Waals surface area contributed by atoms with Crippen molar-refractivity contribution < 1.29 is 9.22 Å². The van der Waals surface area contributed by atoms with Gasteiger partial charge in [-0.2, -0.15) is 10.1 Å². The third-order valence-electron chi connectivity index (χ3n) is 4.53. The SMILES string of the molecule is CC[N+]1(C=NC2=NN(c3cccc(C)c3)CC2)CCOCC1. The van der Waals surface area contributed by atoms with E-state index in [9.17, 15) is 0 Å². The van der Waals surface area contributed by atoms with Crippen molar-refractivity contribution in [3.63, 3.8) is 0 Å². The highest BCUT2D eigenvalue weighted by atomic mass is 16.5. The molecule has 2 aliphatic rings. The van der Waals surface area contributed by atoms with Gasteiger partial charge in [-0.25, -0.2) is 0 Å². The summed E-state index contributed by atoms with van der Waals surface area (Å²) in [7, 11) is 0. The highest BCUT2D eigenvalue weighted by molar-refractivity contribution is 5.90. The zero-order valence-corrected chi connectivity index (χ0v) is 13.5. The number of benzene rings is 1. The van der Waals surface area contributed by atoms with Gasteiger partial charge < -0.3 is 4.74 Å². The first-order valence-corrected chi connectivity index (χ1v) is 8.11. The summed E-state index contributed by atoms with van der Waals surface area (Å²) in [6.07, 6.45) is 2.99. The molecule has 3 rings (SSSR count). The molecule has 22 heavy (non-hydrogen) atoms. The van der Waals surface area contributed by atoms with E-state index < -0.39 is 0 Å². The first-order valence-electron chi connectivity index (χ1n) is 8.11. The Kier molecular flexibility index (Phi) is 4.55. The predicted molar refractivity (Wildman–Crippen MR) is 90.4 cm³/mol. The second-order valence-corrected chi connectivity index (χ2v) is 6.07. The van der Waals surface area contributed by atoms with E-state index in [-0.39, 0.29) is 0 Å². The van der Waals surface area contributed by atoms with Gasteiger partial charge in [0.1, 0.15) is 13.1 Å². The Morgan fingerprint density at radius 1 is 1.36 bits per heavy atom. The Morgan fingerprint density at radius 3 is 2.91 bits per heavy atom. The van der Waals surface area contributed by atoms with Gasteiger partial charge in [0.05, 0.1) is 25.4 Å². The molecule has 0 radical (unpaired) electrons. The molecule has 0 bridgehead atoms. The maximum absolute atomic E-state index is 5.47. The number of aryl methyl sites for hydroxylation is 1. The van der Waals surface area contributed by atoms with Gasteiger partial charge in [0.15, 0.2) is 12.2 Å². The monoisotopic (exact) mass is 301 g/mol. The Bertz CT molecular complexity index is 576. The molecule has 5 heteroatoms. The number of likely N-dealkylation sites (N-methyl/N-ethyl adjacent to an activating group) is 1. The molecule has 0 spiro atoms. The fourth-order valence-electron chi connectivity index (χ4n) is 2.92. The first kappa shape index (κ1) is 15.2. The van der Waals surface area contributed by atoms with E-state index in [1.807, 2.05) is 0 Å².